The van der Waals surface area contributed by atoms with E-state index in [-0.39, 0.29) is 5.97 Å². The summed E-state index contributed by atoms with van der Waals surface area (Å²) in [6.45, 7) is 3.67. The lowest BCUT2D eigenvalue weighted by molar-refractivity contribution is -0.138. The number of carbonyl (C=O) groups is 1. The third-order valence-corrected chi connectivity index (χ3v) is 3.35. The number of benzene rings is 1. The molecule has 1 aromatic rings. The van der Waals surface area contributed by atoms with Gasteiger partial charge in [0.2, 0.25) is 0 Å². The van der Waals surface area contributed by atoms with E-state index in [9.17, 15) is 4.79 Å². The topological polar surface area (TPSA) is 41.6 Å². The highest BCUT2D eigenvalue weighted by Crippen LogP contribution is 2.17. The number of hydrogen-bond acceptors (Lipinski definition) is 4. The van der Waals surface area contributed by atoms with Crippen LogP contribution in [-0.2, 0) is 9.53 Å². The Hall–Kier alpha value is -1.33. The number of hydrogen-bond donors (Lipinski definition) is 1. The van der Waals surface area contributed by atoms with Crippen molar-refractivity contribution in [3.05, 3.63) is 40.4 Å². The molecule has 0 aliphatic carbocycles. The molecule has 5 heteroatoms. The van der Waals surface area contributed by atoms with Gasteiger partial charge in [0.05, 0.1) is 6.61 Å². The van der Waals surface area contributed by atoms with Crippen LogP contribution in [0.5, 0.6) is 0 Å². The third-order valence-electron chi connectivity index (χ3n) is 2.82. The van der Waals surface area contributed by atoms with Gasteiger partial charge in [-0.25, -0.2) is 9.80 Å². The standard InChI is InChI=1S/C14H17BrN2O2/c1-2-19-14(18)11-4-3-9-17(10-11)16-13-7-5-12(15)6-8-13/h4-8,16H,2-3,9-10H2,1H3. The molecule has 102 valence electrons. The molecule has 0 aromatic heterocycles. The molecule has 0 amide bonds. The molecule has 0 saturated heterocycles. The fraction of sp³-hybridized carbons (Fsp3) is 0.357. The van der Waals surface area contributed by atoms with E-state index in [0.717, 1.165) is 28.7 Å². The van der Waals surface area contributed by atoms with Gasteiger partial charge in [-0.15, -0.1) is 0 Å². The predicted octanol–water partition coefficient (Wildman–Crippen LogP) is 2.97. The van der Waals surface area contributed by atoms with E-state index in [1.807, 2.05) is 42.3 Å². The molecule has 1 N–H and O–H groups in total. The minimum absolute atomic E-state index is 0.218. The van der Waals surface area contributed by atoms with Crippen molar-refractivity contribution in [2.24, 2.45) is 0 Å². The molecule has 0 atom stereocenters. The summed E-state index contributed by atoms with van der Waals surface area (Å²) in [5, 5.41) is 2.02. The molecule has 1 heterocycles. The van der Waals surface area contributed by atoms with Crippen LogP contribution in [0.4, 0.5) is 5.69 Å². The molecule has 4 nitrogen and oxygen atoms in total. The summed E-state index contributed by atoms with van der Waals surface area (Å²) in [5.41, 5.74) is 5.03. The largest absolute Gasteiger partial charge is 0.463 e. The van der Waals surface area contributed by atoms with Crippen LogP contribution in [0.15, 0.2) is 40.4 Å². The molecular weight excluding hydrogens is 308 g/mol. The maximum atomic E-state index is 11.7. The van der Waals surface area contributed by atoms with Crippen LogP contribution >= 0.6 is 15.9 Å². The van der Waals surface area contributed by atoms with Gasteiger partial charge in [0, 0.05) is 28.8 Å². The molecule has 1 aliphatic heterocycles. The Morgan fingerprint density at radius 2 is 2.16 bits per heavy atom. The van der Waals surface area contributed by atoms with Crippen LogP contribution in [0, 0.1) is 0 Å². The van der Waals surface area contributed by atoms with E-state index < -0.39 is 0 Å². The van der Waals surface area contributed by atoms with E-state index >= 15 is 0 Å². The van der Waals surface area contributed by atoms with Gasteiger partial charge in [-0.1, -0.05) is 22.0 Å². The average molecular weight is 325 g/mol. The van der Waals surface area contributed by atoms with Crippen LogP contribution in [0.3, 0.4) is 0 Å². The van der Waals surface area contributed by atoms with Crippen molar-refractivity contribution >= 4 is 27.6 Å². The average Bonchev–Trinajstić information content (AvgIpc) is 2.42. The van der Waals surface area contributed by atoms with Crippen LogP contribution in [0.2, 0.25) is 0 Å². The molecule has 19 heavy (non-hydrogen) atoms. The quantitative estimate of drug-likeness (QED) is 0.864. The normalized spacial score (nSPS) is 15.8. The highest BCUT2D eigenvalue weighted by Gasteiger charge is 2.18. The Bertz CT molecular complexity index is 471. The highest BCUT2D eigenvalue weighted by atomic mass is 79.9. The maximum Gasteiger partial charge on any atom is 0.335 e. The summed E-state index contributed by atoms with van der Waals surface area (Å²) in [6, 6.07) is 7.95. The zero-order valence-electron chi connectivity index (χ0n) is 10.9. The second kappa shape index (κ2) is 6.73. The zero-order valence-corrected chi connectivity index (χ0v) is 12.4. The first-order valence-electron chi connectivity index (χ1n) is 6.32. The number of ether oxygens (including phenoxy) is 1. The fourth-order valence-corrected chi connectivity index (χ4v) is 2.18. The van der Waals surface area contributed by atoms with Crippen LogP contribution in [0.25, 0.3) is 0 Å². The number of anilines is 1. The molecule has 0 unspecified atom stereocenters. The van der Waals surface area contributed by atoms with Gasteiger partial charge in [0.1, 0.15) is 0 Å². The Labute approximate surface area is 121 Å². The number of nitrogens with zero attached hydrogens (tertiary/aromatic N) is 1. The van der Waals surface area contributed by atoms with Gasteiger partial charge < -0.3 is 10.2 Å². The Kier molecular flexibility index (Phi) is 4.99. The predicted molar refractivity (Wildman–Crippen MR) is 78.7 cm³/mol. The minimum atomic E-state index is -0.218. The molecule has 0 bridgehead atoms. The van der Waals surface area contributed by atoms with Crippen molar-refractivity contribution in [1.82, 2.24) is 5.01 Å². The van der Waals surface area contributed by atoms with E-state index in [0.29, 0.717) is 13.2 Å². The number of carbonyl (C=O) groups excluding carboxylic acids is 1. The van der Waals surface area contributed by atoms with Crippen LogP contribution < -0.4 is 5.43 Å². The number of halogens is 1. The van der Waals surface area contributed by atoms with Gasteiger partial charge in [-0.05, 0) is 37.6 Å². The maximum absolute atomic E-state index is 11.7. The summed E-state index contributed by atoms with van der Waals surface area (Å²) >= 11 is 3.40. The van der Waals surface area contributed by atoms with Gasteiger partial charge in [-0.3, -0.25) is 0 Å². The zero-order chi connectivity index (χ0) is 13.7. The van der Waals surface area contributed by atoms with Crippen LogP contribution in [0.1, 0.15) is 13.3 Å². The second-order valence-corrected chi connectivity index (χ2v) is 5.19. The highest BCUT2D eigenvalue weighted by molar-refractivity contribution is 9.10. The molecule has 2 rings (SSSR count). The van der Waals surface area contributed by atoms with Crippen LogP contribution in [-0.4, -0.2) is 30.7 Å². The van der Waals surface area contributed by atoms with Gasteiger partial charge in [-0.2, -0.15) is 0 Å². The Morgan fingerprint density at radius 1 is 1.42 bits per heavy atom. The Balaban J connectivity index is 1.94. The molecule has 1 aliphatic rings. The lowest BCUT2D eigenvalue weighted by Crippen LogP contribution is -2.37. The SMILES string of the molecule is CCOC(=O)C1=CCCN(Nc2ccc(Br)cc2)C1. The summed E-state index contributed by atoms with van der Waals surface area (Å²) in [7, 11) is 0. The summed E-state index contributed by atoms with van der Waals surface area (Å²) in [5.74, 6) is -0.218. The van der Waals surface area contributed by atoms with Crippen molar-refractivity contribution in [3.8, 4) is 0 Å². The van der Waals surface area contributed by atoms with Gasteiger partial charge in [0.25, 0.3) is 0 Å². The number of hydrazine groups is 1. The van der Waals surface area contributed by atoms with Crippen molar-refractivity contribution in [2.45, 2.75) is 13.3 Å². The first-order valence-corrected chi connectivity index (χ1v) is 7.11. The smallest absolute Gasteiger partial charge is 0.335 e. The van der Waals surface area contributed by atoms with Crippen molar-refractivity contribution in [1.29, 1.82) is 0 Å². The van der Waals surface area contributed by atoms with Crippen molar-refractivity contribution in [3.63, 3.8) is 0 Å². The first-order chi connectivity index (χ1) is 9.19. The van der Waals surface area contributed by atoms with E-state index in [2.05, 4.69) is 21.4 Å². The minimum Gasteiger partial charge on any atom is -0.463 e. The van der Waals surface area contributed by atoms with Gasteiger partial charge in [0.15, 0.2) is 0 Å². The number of esters is 1. The van der Waals surface area contributed by atoms with Crippen molar-refractivity contribution in [2.75, 3.05) is 25.1 Å². The second-order valence-electron chi connectivity index (χ2n) is 4.28. The summed E-state index contributed by atoms with van der Waals surface area (Å²) in [6.07, 6.45) is 2.80. The molecule has 0 fully saturated rings. The van der Waals surface area contributed by atoms with Crippen molar-refractivity contribution < 1.29 is 9.53 Å². The van der Waals surface area contributed by atoms with E-state index in [1.165, 1.54) is 0 Å². The lowest BCUT2D eigenvalue weighted by Gasteiger charge is -2.27. The number of nitrogens with one attached hydrogen (secondary N) is 1. The first kappa shape index (κ1) is 14.1. The molecule has 0 spiro atoms. The molecule has 1 aromatic carbocycles. The molecule has 0 saturated carbocycles. The summed E-state index contributed by atoms with van der Waals surface area (Å²) < 4.78 is 6.07. The third kappa shape index (κ3) is 4.08. The number of rotatable bonds is 4. The van der Waals surface area contributed by atoms with Gasteiger partial charge >= 0.3 is 5.97 Å². The molecular formula is C14H17BrN2O2. The fourth-order valence-electron chi connectivity index (χ4n) is 1.92. The van der Waals surface area contributed by atoms with E-state index in [4.69, 9.17) is 4.74 Å². The van der Waals surface area contributed by atoms with E-state index in [1.54, 1.807) is 0 Å². The Morgan fingerprint density at radius 3 is 2.84 bits per heavy atom. The monoisotopic (exact) mass is 324 g/mol. The molecule has 0 radical (unpaired) electrons. The lowest BCUT2D eigenvalue weighted by atomic mass is 10.1. The summed E-state index contributed by atoms with van der Waals surface area (Å²) in [4.78, 5) is 11.7.